The molecule has 0 aliphatic heterocycles. The lowest BCUT2D eigenvalue weighted by molar-refractivity contribution is 0.178. The zero-order chi connectivity index (χ0) is 13.0. The van der Waals surface area contributed by atoms with Crippen LogP contribution in [0.3, 0.4) is 0 Å². The third-order valence-corrected chi connectivity index (χ3v) is 3.42. The zero-order valence-electron chi connectivity index (χ0n) is 10.1. The maximum Gasteiger partial charge on any atom is 0.158 e. The second kappa shape index (κ2) is 6.08. The standard InChI is InChI=1S/C11H13ClN4OS/c1-7-8(18-6-14-7)4-13-10-3-9(12)15-11(16-10)5-17-2/h3,6H,4-5H2,1-2H3,(H,13,15,16). The van der Waals surface area contributed by atoms with Gasteiger partial charge in [0.2, 0.25) is 0 Å². The summed E-state index contributed by atoms with van der Waals surface area (Å²) < 4.78 is 4.99. The van der Waals surface area contributed by atoms with Crippen LogP contribution in [0.25, 0.3) is 0 Å². The van der Waals surface area contributed by atoms with Crippen LogP contribution in [0.5, 0.6) is 0 Å². The van der Waals surface area contributed by atoms with E-state index in [4.69, 9.17) is 16.3 Å². The molecule has 0 saturated heterocycles. The summed E-state index contributed by atoms with van der Waals surface area (Å²) in [5, 5.41) is 3.61. The highest BCUT2D eigenvalue weighted by atomic mass is 35.5. The maximum absolute atomic E-state index is 5.92. The van der Waals surface area contributed by atoms with Gasteiger partial charge in [-0.2, -0.15) is 0 Å². The van der Waals surface area contributed by atoms with Crippen LogP contribution in [0.1, 0.15) is 16.4 Å². The molecule has 96 valence electrons. The molecule has 0 aliphatic rings. The van der Waals surface area contributed by atoms with Gasteiger partial charge in [0.15, 0.2) is 5.82 Å². The minimum absolute atomic E-state index is 0.342. The molecule has 0 spiro atoms. The Balaban J connectivity index is 2.07. The fourth-order valence-corrected chi connectivity index (χ4v) is 2.33. The Labute approximate surface area is 114 Å². The normalized spacial score (nSPS) is 10.6. The summed E-state index contributed by atoms with van der Waals surface area (Å²) in [5.41, 5.74) is 2.86. The van der Waals surface area contributed by atoms with Crippen molar-refractivity contribution < 1.29 is 4.74 Å². The highest BCUT2D eigenvalue weighted by Gasteiger charge is 2.05. The first-order chi connectivity index (χ1) is 8.69. The predicted octanol–water partition coefficient (Wildman–Crippen LogP) is 2.65. The van der Waals surface area contributed by atoms with Crippen LogP contribution in [0.15, 0.2) is 11.6 Å². The van der Waals surface area contributed by atoms with Gasteiger partial charge in [-0.15, -0.1) is 11.3 Å². The molecule has 1 N–H and O–H groups in total. The topological polar surface area (TPSA) is 59.9 Å². The average Bonchev–Trinajstić information content (AvgIpc) is 2.72. The van der Waals surface area contributed by atoms with E-state index in [0.29, 0.717) is 29.9 Å². The molecule has 7 heteroatoms. The number of ether oxygens (including phenoxy) is 1. The fourth-order valence-electron chi connectivity index (χ4n) is 1.42. The van der Waals surface area contributed by atoms with Crippen molar-refractivity contribution in [3.63, 3.8) is 0 Å². The number of rotatable bonds is 5. The summed E-state index contributed by atoms with van der Waals surface area (Å²) in [7, 11) is 1.60. The quantitative estimate of drug-likeness (QED) is 0.856. The molecule has 18 heavy (non-hydrogen) atoms. The van der Waals surface area contributed by atoms with Crippen LogP contribution in [0.2, 0.25) is 5.15 Å². The number of nitrogens with zero attached hydrogens (tertiary/aromatic N) is 3. The van der Waals surface area contributed by atoms with Crippen LogP contribution < -0.4 is 5.32 Å². The molecule has 0 atom stereocenters. The largest absolute Gasteiger partial charge is 0.377 e. The second-order valence-electron chi connectivity index (χ2n) is 3.64. The highest BCUT2D eigenvalue weighted by Crippen LogP contribution is 2.16. The van der Waals surface area contributed by atoms with Crippen molar-refractivity contribution in [1.29, 1.82) is 0 Å². The Bertz CT molecular complexity index is 532. The maximum atomic E-state index is 5.92. The Kier molecular flexibility index (Phi) is 4.46. The minimum atomic E-state index is 0.342. The van der Waals surface area contributed by atoms with E-state index in [0.717, 1.165) is 5.69 Å². The van der Waals surface area contributed by atoms with Crippen molar-refractivity contribution in [2.45, 2.75) is 20.1 Å². The van der Waals surface area contributed by atoms with Gasteiger partial charge in [-0.25, -0.2) is 15.0 Å². The summed E-state index contributed by atoms with van der Waals surface area (Å²) in [5.74, 6) is 1.25. The van der Waals surface area contributed by atoms with Gasteiger partial charge in [-0.1, -0.05) is 11.6 Å². The van der Waals surface area contributed by atoms with Gasteiger partial charge in [-0.05, 0) is 6.92 Å². The summed E-state index contributed by atoms with van der Waals surface area (Å²) in [6.45, 7) is 3.00. The molecule has 2 heterocycles. The molecule has 0 bridgehead atoms. The van der Waals surface area contributed by atoms with E-state index in [1.54, 1.807) is 24.5 Å². The number of anilines is 1. The van der Waals surface area contributed by atoms with Crippen LogP contribution in [-0.4, -0.2) is 22.1 Å². The van der Waals surface area contributed by atoms with Crippen molar-refractivity contribution in [1.82, 2.24) is 15.0 Å². The summed E-state index contributed by atoms with van der Waals surface area (Å²) in [6, 6.07) is 1.69. The lowest BCUT2D eigenvalue weighted by Gasteiger charge is -2.07. The number of hydrogen-bond donors (Lipinski definition) is 1. The molecule has 2 rings (SSSR count). The number of thiazole rings is 1. The van der Waals surface area contributed by atoms with Gasteiger partial charge in [0.1, 0.15) is 17.6 Å². The van der Waals surface area contributed by atoms with Crippen molar-refractivity contribution in [3.05, 3.63) is 33.1 Å². The van der Waals surface area contributed by atoms with Gasteiger partial charge in [0.25, 0.3) is 0 Å². The lowest BCUT2D eigenvalue weighted by Crippen LogP contribution is -2.05. The number of aromatic nitrogens is 3. The van der Waals surface area contributed by atoms with E-state index in [2.05, 4.69) is 20.3 Å². The van der Waals surface area contributed by atoms with Crippen molar-refractivity contribution in [3.8, 4) is 0 Å². The number of hydrogen-bond acceptors (Lipinski definition) is 6. The van der Waals surface area contributed by atoms with Crippen molar-refractivity contribution in [2.75, 3.05) is 12.4 Å². The van der Waals surface area contributed by atoms with Crippen LogP contribution in [-0.2, 0) is 17.9 Å². The first-order valence-corrected chi connectivity index (χ1v) is 6.60. The monoisotopic (exact) mass is 284 g/mol. The molecule has 0 aliphatic carbocycles. The summed E-state index contributed by atoms with van der Waals surface area (Å²) in [6.07, 6.45) is 0. The number of methoxy groups -OCH3 is 1. The Morgan fingerprint density at radius 1 is 1.44 bits per heavy atom. The summed E-state index contributed by atoms with van der Waals surface area (Å²) >= 11 is 7.53. The van der Waals surface area contributed by atoms with Crippen LogP contribution in [0.4, 0.5) is 5.82 Å². The van der Waals surface area contributed by atoms with Crippen LogP contribution in [0, 0.1) is 6.92 Å². The van der Waals surface area contributed by atoms with E-state index in [1.807, 2.05) is 12.4 Å². The smallest absolute Gasteiger partial charge is 0.158 e. The SMILES string of the molecule is COCc1nc(Cl)cc(NCc2scnc2C)n1. The minimum Gasteiger partial charge on any atom is -0.377 e. The number of halogens is 1. The highest BCUT2D eigenvalue weighted by molar-refractivity contribution is 7.09. The molecule has 0 radical (unpaired) electrons. The average molecular weight is 285 g/mol. The summed E-state index contributed by atoms with van der Waals surface area (Å²) in [4.78, 5) is 13.7. The fraction of sp³-hybridized carbons (Fsp3) is 0.364. The van der Waals surface area contributed by atoms with E-state index in [1.165, 1.54) is 4.88 Å². The molecule has 0 unspecified atom stereocenters. The first kappa shape index (κ1) is 13.2. The van der Waals surface area contributed by atoms with E-state index >= 15 is 0 Å². The molecule has 2 aromatic rings. The number of nitrogens with one attached hydrogen (secondary N) is 1. The third kappa shape index (κ3) is 3.38. The third-order valence-electron chi connectivity index (χ3n) is 2.29. The molecule has 5 nitrogen and oxygen atoms in total. The number of aryl methyl sites for hydroxylation is 1. The second-order valence-corrected chi connectivity index (χ2v) is 4.97. The van der Waals surface area contributed by atoms with E-state index in [9.17, 15) is 0 Å². The van der Waals surface area contributed by atoms with Gasteiger partial charge >= 0.3 is 0 Å². The van der Waals surface area contributed by atoms with Crippen LogP contribution >= 0.6 is 22.9 Å². The lowest BCUT2D eigenvalue weighted by atomic mass is 10.4. The first-order valence-electron chi connectivity index (χ1n) is 5.34. The Morgan fingerprint density at radius 2 is 2.28 bits per heavy atom. The molecular formula is C11H13ClN4OS. The van der Waals surface area contributed by atoms with Gasteiger partial charge in [0, 0.05) is 18.1 Å². The van der Waals surface area contributed by atoms with Crippen molar-refractivity contribution in [2.24, 2.45) is 0 Å². The van der Waals surface area contributed by atoms with Gasteiger partial charge in [0.05, 0.1) is 17.7 Å². The zero-order valence-corrected chi connectivity index (χ0v) is 11.7. The molecule has 0 fully saturated rings. The van der Waals surface area contributed by atoms with E-state index < -0.39 is 0 Å². The van der Waals surface area contributed by atoms with Crippen molar-refractivity contribution >= 4 is 28.8 Å². The van der Waals surface area contributed by atoms with Gasteiger partial charge < -0.3 is 10.1 Å². The molecular weight excluding hydrogens is 272 g/mol. The molecule has 0 amide bonds. The van der Waals surface area contributed by atoms with E-state index in [-0.39, 0.29) is 0 Å². The Hall–Kier alpha value is -1.24. The molecule has 0 saturated carbocycles. The predicted molar refractivity (Wildman–Crippen MR) is 71.9 cm³/mol. The Morgan fingerprint density at radius 3 is 2.94 bits per heavy atom. The molecule has 0 aromatic carbocycles. The molecule has 2 aromatic heterocycles. The van der Waals surface area contributed by atoms with Gasteiger partial charge in [-0.3, -0.25) is 0 Å².